The summed E-state index contributed by atoms with van der Waals surface area (Å²) in [5.41, 5.74) is -0.00116. The highest BCUT2D eigenvalue weighted by molar-refractivity contribution is 14.1. The highest BCUT2D eigenvalue weighted by Gasteiger charge is 2.08. The smallest absolute Gasteiger partial charge is 0.158 e. The molecule has 64 valence electrons. The molecule has 4 nitrogen and oxygen atoms in total. The van der Waals surface area contributed by atoms with Crippen LogP contribution >= 0.6 is 22.6 Å². The third kappa shape index (κ3) is 1.66. The van der Waals surface area contributed by atoms with Gasteiger partial charge in [-0.25, -0.2) is 0 Å². The third-order valence-corrected chi connectivity index (χ3v) is 2.17. The molecule has 12 heavy (non-hydrogen) atoms. The van der Waals surface area contributed by atoms with Crippen LogP contribution in [0.2, 0.25) is 0 Å². The topological polar surface area (TPSA) is 58.9 Å². The van der Waals surface area contributed by atoms with Gasteiger partial charge in [-0.05, 0) is 33.8 Å². The normalized spacial score (nSPS) is 9.50. The Morgan fingerprint density at radius 3 is 2.75 bits per heavy atom. The third-order valence-electron chi connectivity index (χ3n) is 1.35. The second kappa shape index (κ2) is 3.70. The van der Waals surface area contributed by atoms with E-state index in [-0.39, 0.29) is 11.4 Å². The number of aromatic hydroxyl groups is 1. The minimum Gasteiger partial charge on any atom is -0.505 e. The number of ether oxygens (including phenoxy) is 1. The first kappa shape index (κ1) is 9.24. The summed E-state index contributed by atoms with van der Waals surface area (Å²) in [5, 5.41) is 11.9. The number of nitroso groups, excluding NO2 is 1. The number of methoxy groups -OCH3 is 1. The largest absolute Gasteiger partial charge is 0.505 e. The molecule has 0 fully saturated rings. The molecule has 0 spiro atoms. The van der Waals surface area contributed by atoms with Crippen LogP contribution in [0.25, 0.3) is 0 Å². The second-order valence-corrected chi connectivity index (χ2v) is 3.23. The zero-order valence-electron chi connectivity index (χ0n) is 6.24. The van der Waals surface area contributed by atoms with Crippen LogP contribution in [0.15, 0.2) is 17.3 Å². The molecule has 0 unspecified atom stereocenters. The van der Waals surface area contributed by atoms with Crippen LogP contribution in [-0.2, 0) is 0 Å². The Labute approximate surface area is 82.7 Å². The fourth-order valence-corrected chi connectivity index (χ4v) is 1.33. The lowest BCUT2D eigenvalue weighted by atomic mass is 10.3. The van der Waals surface area contributed by atoms with Crippen molar-refractivity contribution in [2.45, 2.75) is 0 Å². The Balaban J connectivity index is 3.28. The van der Waals surface area contributed by atoms with Gasteiger partial charge in [0.15, 0.2) is 11.4 Å². The van der Waals surface area contributed by atoms with Crippen molar-refractivity contribution in [1.29, 1.82) is 0 Å². The lowest BCUT2D eigenvalue weighted by Crippen LogP contribution is -1.83. The Morgan fingerprint density at radius 1 is 1.58 bits per heavy atom. The first-order valence-corrected chi connectivity index (χ1v) is 4.16. The maximum absolute atomic E-state index is 10.2. The number of rotatable bonds is 2. The van der Waals surface area contributed by atoms with Gasteiger partial charge in [-0.2, -0.15) is 0 Å². The van der Waals surface area contributed by atoms with Gasteiger partial charge in [0.05, 0.1) is 10.7 Å². The van der Waals surface area contributed by atoms with Gasteiger partial charge in [0.2, 0.25) is 0 Å². The van der Waals surface area contributed by atoms with Crippen molar-refractivity contribution in [1.82, 2.24) is 0 Å². The Hall–Kier alpha value is -0.850. The molecule has 1 rings (SSSR count). The van der Waals surface area contributed by atoms with Gasteiger partial charge < -0.3 is 9.84 Å². The summed E-state index contributed by atoms with van der Waals surface area (Å²) in [6.07, 6.45) is 0. The summed E-state index contributed by atoms with van der Waals surface area (Å²) >= 11 is 1.89. The summed E-state index contributed by atoms with van der Waals surface area (Å²) in [5.74, 6) is 0.401. The van der Waals surface area contributed by atoms with Gasteiger partial charge in [-0.15, -0.1) is 4.91 Å². The molecule has 1 N–H and O–H groups in total. The van der Waals surface area contributed by atoms with E-state index >= 15 is 0 Å². The molecule has 0 amide bonds. The van der Waals surface area contributed by atoms with Crippen molar-refractivity contribution in [3.8, 4) is 11.5 Å². The van der Waals surface area contributed by atoms with E-state index in [1.807, 2.05) is 22.6 Å². The summed E-state index contributed by atoms with van der Waals surface area (Å²) in [6.45, 7) is 0. The van der Waals surface area contributed by atoms with Gasteiger partial charge in [0.25, 0.3) is 0 Å². The van der Waals surface area contributed by atoms with Gasteiger partial charge >= 0.3 is 0 Å². The Bertz CT molecular complexity index is 314. The van der Waals surface area contributed by atoms with Crippen molar-refractivity contribution in [2.75, 3.05) is 7.11 Å². The van der Waals surface area contributed by atoms with Gasteiger partial charge in [-0.3, -0.25) is 0 Å². The van der Waals surface area contributed by atoms with Crippen LogP contribution in [0, 0.1) is 8.48 Å². The minimum absolute atomic E-state index is 0.00116. The van der Waals surface area contributed by atoms with Gasteiger partial charge in [-0.1, -0.05) is 0 Å². The number of phenols is 1. The fourth-order valence-electron chi connectivity index (χ4n) is 0.748. The first-order chi connectivity index (χ1) is 5.69. The Kier molecular flexibility index (Phi) is 2.85. The molecule has 0 saturated carbocycles. The zero-order chi connectivity index (χ0) is 9.14. The zero-order valence-corrected chi connectivity index (χ0v) is 8.40. The number of hydrogen-bond donors (Lipinski definition) is 1. The molecule has 0 atom stereocenters. The summed E-state index contributed by atoms with van der Waals surface area (Å²) in [7, 11) is 1.48. The highest BCUT2D eigenvalue weighted by Crippen LogP contribution is 2.35. The predicted octanol–water partition coefficient (Wildman–Crippen LogP) is 2.40. The van der Waals surface area contributed by atoms with Crippen LogP contribution in [0.3, 0.4) is 0 Å². The highest BCUT2D eigenvalue weighted by atomic mass is 127. The Morgan fingerprint density at radius 2 is 2.25 bits per heavy atom. The molecule has 5 heteroatoms. The van der Waals surface area contributed by atoms with Crippen molar-refractivity contribution in [3.63, 3.8) is 0 Å². The van der Waals surface area contributed by atoms with E-state index in [0.717, 1.165) is 0 Å². The number of phenolic OH excluding ortho intramolecular Hbond substituents is 1. The van der Waals surface area contributed by atoms with Gasteiger partial charge in [0.1, 0.15) is 5.75 Å². The van der Waals surface area contributed by atoms with Crippen molar-refractivity contribution >= 4 is 28.3 Å². The molecule has 1 aromatic rings. The monoisotopic (exact) mass is 279 g/mol. The number of benzene rings is 1. The van der Waals surface area contributed by atoms with E-state index < -0.39 is 0 Å². The van der Waals surface area contributed by atoms with Crippen molar-refractivity contribution in [3.05, 3.63) is 20.6 Å². The summed E-state index contributed by atoms with van der Waals surface area (Å²) in [6, 6.07) is 3.00. The molecule has 0 radical (unpaired) electrons. The quantitative estimate of drug-likeness (QED) is 0.668. The first-order valence-electron chi connectivity index (χ1n) is 3.09. The van der Waals surface area contributed by atoms with Crippen LogP contribution in [0.1, 0.15) is 0 Å². The number of hydrogen-bond acceptors (Lipinski definition) is 4. The number of halogens is 1. The van der Waals surface area contributed by atoms with Crippen molar-refractivity contribution in [2.24, 2.45) is 5.18 Å². The van der Waals surface area contributed by atoms with Crippen LogP contribution in [0.5, 0.6) is 11.5 Å². The van der Waals surface area contributed by atoms with E-state index in [9.17, 15) is 10.0 Å². The molecule has 0 aliphatic heterocycles. The van der Waals surface area contributed by atoms with Crippen LogP contribution < -0.4 is 4.74 Å². The summed E-state index contributed by atoms with van der Waals surface area (Å²) in [4.78, 5) is 10.2. The number of nitrogens with zero attached hydrogens (tertiary/aromatic N) is 1. The van der Waals surface area contributed by atoms with E-state index in [4.69, 9.17) is 4.74 Å². The van der Waals surface area contributed by atoms with E-state index in [0.29, 0.717) is 9.32 Å². The SMILES string of the molecule is COc1cc(I)c(O)c(N=O)c1. The molecule has 0 aromatic heterocycles. The fraction of sp³-hybridized carbons (Fsp3) is 0.143. The minimum atomic E-state index is -0.105. The standard InChI is InChI=1S/C7H6INO3/c1-12-4-2-5(8)7(10)6(3-4)9-11/h2-3,10H,1H3. The molecule has 0 aliphatic rings. The maximum Gasteiger partial charge on any atom is 0.158 e. The molecule has 0 saturated heterocycles. The lowest BCUT2D eigenvalue weighted by Gasteiger charge is -2.03. The second-order valence-electron chi connectivity index (χ2n) is 2.07. The molecule has 0 bridgehead atoms. The molecular weight excluding hydrogens is 273 g/mol. The van der Waals surface area contributed by atoms with E-state index in [1.54, 1.807) is 6.07 Å². The van der Waals surface area contributed by atoms with E-state index in [2.05, 4.69) is 5.18 Å². The maximum atomic E-state index is 10.2. The van der Waals surface area contributed by atoms with Gasteiger partial charge in [0, 0.05) is 6.07 Å². The molecule has 0 aliphatic carbocycles. The van der Waals surface area contributed by atoms with E-state index in [1.165, 1.54) is 13.2 Å². The average Bonchev–Trinajstić information content (AvgIpc) is 2.09. The molecular formula is C7H6INO3. The van der Waals surface area contributed by atoms with Crippen LogP contribution in [-0.4, -0.2) is 12.2 Å². The summed E-state index contributed by atoms with van der Waals surface area (Å²) < 4.78 is 5.42. The van der Waals surface area contributed by atoms with Crippen LogP contribution in [0.4, 0.5) is 5.69 Å². The lowest BCUT2D eigenvalue weighted by molar-refractivity contribution is 0.412. The average molecular weight is 279 g/mol. The van der Waals surface area contributed by atoms with Crippen molar-refractivity contribution < 1.29 is 9.84 Å². The predicted molar refractivity (Wildman–Crippen MR) is 52.8 cm³/mol. The molecule has 0 heterocycles. The molecule has 1 aromatic carbocycles.